The quantitative estimate of drug-likeness (QED) is 0.328. The first kappa shape index (κ1) is 18.6. The van der Waals surface area contributed by atoms with Crippen molar-refractivity contribution in [1.29, 1.82) is 0 Å². The molecule has 6 nitrogen and oxygen atoms in total. The van der Waals surface area contributed by atoms with Crippen LogP contribution in [0.3, 0.4) is 0 Å². The van der Waals surface area contributed by atoms with E-state index in [2.05, 4.69) is 4.99 Å². The van der Waals surface area contributed by atoms with E-state index in [1.807, 2.05) is 0 Å². The maximum atomic E-state index is 12.6. The largest absolute Gasteiger partial charge is 0.416 e. The first-order valence-corrected chi connectivity index (χ1v) is 7.67. The fraction of sp³-hybridized carbons (Fsp3) is 0.0588. The van der Waals surface area contributed by atoms with Gasteiger partial charge in [-0.2, -0.15) is 13.2 Å². The number of hydrogen-bond donors (Lipinski definition) is 0. The van der Waals surface area contributed by atoms with Gasteiger partial charge >= 0.3 is 12.1 Å². The predicted molar refractivity (Wildman–Crippen MR) is 90.2 cm³/mol. The normalized spacial score (nSPS) is 15.6. The van der Waals surface area contributed by atoms with Crippen molar-refractivity contribution in [2.75, 3.05) is 0 Å². The zero-order valence-corrected chi connectivity index (χ0v) is 13.9. The molecular weight excluding hydrogens is 389 g/mol. The van der Waals surface area contributed by atoms with Crippen LogP contribution in [0, 0.1) is 10.1 Å². The lowest BCUT2D eigenvalue weighted by molar-refractivity contribution is -0.384. The van der Waals surface area contributed by atoms with Crippen molar-refractivity contribution >= 4 is 35.2 Å². The van der Waals surface area contributed by atoms with Crippen molar-refractivity contribution in [2.24, 2.45) is 4.99 Å². The number of aliphatic imine (C=N–C) groups is 1. The van der Waals surface area contributed by atoms with Crippen LogP contribution in [0.2, 0.25) is 5.02 Å². The summed E-state index contributed by atoms with van der Waals surface area (Å²) in [5.41, 5.74) is -0.885. The maximum Gasteiger partial charge on any atom is 0.416 e. The molecule has 138 valence electrons. The number of alkyl halides is 3. The monoisotopic (exact) mass is 396 g/mol. The van der Waals surface area contributed by atoms with E-state index in [4.69, 9.17) is 16.3 Å². The zero-order valence-electron chi connectivity index (χ0n) is 13.2. The van der Waals surface area contributed by atoms with Gasteiger partial charge in [0.1, 0.15) is 5.02 Å². The number of nitro benzene ring substituents is 1. The summed E-state index contributed by atoms with van der Waals surface area (Å²) in [6.07, 6.45) is -3.22. The van der Waals surface area contributed by atoms with E-state index in [9.17, 15) is 28.1 Å². The van der Waals surface area contributed by atoms with Crippen LogP contribution in [0.4, 0.5) is 18.9 Å². The molecule has 0 N–H and O–H groups in total. The minimum atomic E-state index is -4.47. The SMILES string of the molecule is O=C1OC(c2ccc(Cl)c([N+](=O)[O-])c2)=N/C1=C\c1ccc(C(F)(F)F)cc1. The van der Waals surface area contributed by atoms with Gasteiger partial charge in [-0.1, -0.05) is 23.7 Å². The molecule has 0 amide bonds. The van der Waals surface area contributed by atoms with Crippen molar-refractivity contribution in [3.05, 3.63) is 80.0 Å². The molecule has 0 saturated heterocycles. The third-order valence-corrected chi connectivity index (χ3v) is 3.87. The third-order valence-electron chi connectivity index (χ3n) is 3.55. The molecule has 2 aromatic rings. The highest BCUT2D eigenvalue weighted by atomic mass is 35.5. The Hall–Kier alpha value is -3.20. The summed E-state index contributed by atoms with van der Waals surface area (Å²) in [6, 6.07) is 7.88. The van der Waals surface area contributed by atoms with Crippen LogP contribution < -0.4 is 0 Å². The summed E-state index contributed by atoms with van der Waals surface area (Å²) >= 11 is 5.73. The minimum absolute atomic E-state index is 0.0887. The zero-order chi connectivity index (χ0) is 19.8. The van der Waals surface area contributed by atoms with E-state index in [0.29, 0.717) is 5.56 Å². The second-order valence-electron chi connectivity index (χ2n) is 5.38. The van der Waals surface area contributed by atoms with E-state index in [1.165, 1.54) is 30.3 Å². The van der Waals surface area contributed by atoms with Gasteiger partial charge in [-0.3, -0.25) is 10.1 Å². The van der Waals surface area contributed by atoms with Gasteiger partial charge in [0, 0.05) is 11.6 Å². The highest BCUT2D eigenvalue weighted by Gasteiger charge is 2.30. The van der Waals surface area contributed by atoms with Crippen molar-refractivity contribution < 1.29 is 27.6 Å². The molecular formula is C17H8ClF3N2O4. The summed E-state index contributed by atoms with van der Waals surface area (Å²) in [7, 11) is 0. The molecule has 2 aromatic carbocycles. The molecule has 10 heteroatoms. The molecule has 0 unspecified atom stereocenters. The lowest BCUT2D eigenvalue weighted by Gasteiger charge is -2.05. The first-order chi connectivity index (χ1) is 12.6. The minimum Gasteiger partial charge on any atom is -0.402 e. The number of hydrogen-bond acceptors (Lipinski definition) is 5. The van der Waals surface area contributed by atoms with Crippen LogP contribution in [-0.2, 0) is 15.7 Å². The Kier molecular flexibility index (Phi) is 4.71. The molecule has 0 spiro atoms. The lowest BCUT2D eigenvalue weighted by Crippen LogP contribution is -2.06. The van der Waals surface area contributed by atoms with Crippen LogP contribution >= 0.6 is 11.6 Å². The average molecular weight is 397 g/mol. The van der Waals surface area contributed by atoms with Gasteiger partial charge in [0.15, 0.2) is 5.70 Å². The number of esters is 1. The molecule has 0 saturated carbocycles. The summed E-state index contributed by atoms with van der Waals surface area (Å²) in [5, 5.41) is 10.9. The molecule has 1 aliphatic heterocycles. The van der Waals surface area contributed by atoms with Crippen LogP contribution in [0.5, 0.6) is 0 Å². The molecule has 0 fully saturated rings. The second-order valence-corrected chi connectivity index (χ2v) is 5.79. The Balaban J connectivity index is 1.91. The Labute approximate surface area is 154 Å². The fourth-order valence-electron chi connectivity index (χ4n) is 2.24. The van der Waals surface area contributed by atoms with Gasteiger partial charge < -0.3 is 4.74 Å². The number of benzene rings is 2. The molecule has 1 aliphatic rings. The molecule has 0 atom stereocenters. The van der Waals surface area contributed by atoms with Gasteiger partial charge in [-0.05, 0) is 35.9 Å². The smallest absolute Gasteiger partial charge is 0.402 e. The Morgan fingerprint density at radius 2 is 1.81 bits per heavy atom. The van der Waals surface area contributed by atoms with Crippen LogP contribution in [0.25, 0.3) is 6.08 Å². The number of nitrogens with zero attached hydrogens (tertiary/aromatic N) is 2. The molecule has 1 heterocycles. The van der Waals surface area contributed by atoms with Gasteiger partial charge in [-0.25, -0.2) is 9.79 Å². The van der Waals surface area contributed by atoms with Crippen molar-refractivity contribution in [3.63, 3.8) is 0 Å². The molecule has 0 radical (unpaired) electrons. The Bertz CT molecular complexity index is 998. The van der Waals surface area contributed by atoms with Crippen LogP contribution in [0.15, 0.2) is 53.2 Å². The lowest BCUT2D eigenvalue weighted by atomic mass is 10.1. The highest BCUT2D eigenvalue weighted by Crippen LogP contribution is 2.30. The summed E-state index contributed by atoms with van der Waals surface area (Å²) in [4.78, 5) is 26.1. The molecule has 0 aliphatic carbocycles. The van der Waals surface area contributed by atoms with Gasteiger partial charge in [-0.15, -0.1) is 0 Å². The van der Waals surface area contributed by atoms with E-state index in [-0.39, 0.29) is 27.9 Å². The summed E-state index contributed by atoms with van der Waals surface area (Å²) < 4.78 is 42.7. The predicted octanol–water partition coefficient (Wildman–Crippen LogP) is 4.61. The van der Waals surface area contributed by atoms with Gasteiger partial charge in [0.2, 0.25) is 5.90 Å². The molecule has 27 heavy (non-hydrogen) atoms. The number of cyclic esters (lactones) is 1. The van der Waals surface area contributed by atoms with E-state index < -0.39 is 22.6 Å². The number of halogens is 4. The van der Waals surface area contributed by atoms with Crippen LogP contribution in [0.1, 0.15) is 16.7 Å². The number of ether oxygens (including phenoxy) is 1. The van der Waals surface area contributed by atoms with Crippen LogP contribution in [-0.4, -0.2) is 16.8 Å². The summed E-state index contributed by atoms with van der Waals surface area (Å²) in [6.45, 7) is 0. The number of carbonyl (C=O) groups is 1. The van der Waals surface area contributed by atoms with Gasteiger partial charge in [0.25, 0.3) is 5.69 Å². The van der Waals surface area contributed by atoms with E-state index in [1.54, 1.807) is 0 Å². The van der Waals surface area contributed by atoms with Crippen molar-refractivity contribution in [1.82, 2.24) is 0 Å². The molecule has 0 aromatic heterocycles. The topological polar surface area (TPSA) is 81.8 Å². The first-order valence-electron chi connectivity index (χ1n) is 7.29. The maximum absolute atomic E-state index is 12.6. The molecule has 0 bridgehead atoms. The molecule has 3 rings (SSSR count). The summed E-state index contributed by atoms with van der Waals surface area (Å²) in [5.74, 6) is -1.000. The fourth-order valence-corrected chi connectivity index (χ4v) is 2.43. The number of nitro groups is 1. The van der Waals surface area contributed by atoms with Gasteiger partial charge in [0.05, 0.1) is 10.5 Å². The highest BCUT2D eigenvalue weighted by molar-refractivity contribution is 6.32. The van der Waals surface area contributed by atoms with E-state index >= 15 is 0 Å². The average Bonchev–Trinajstić information content (AvgIpc) is 2.95. The Morgan fingerprint density at radius 3 is 2.41 bits per heavy atom. The Morgan fingerprint density at radius 1 is 1.15 bits per heavy atom. The second kappa shape index (κ2) is 6.84. The van der Waals surface area contributed by atoms with Crippen molar-refractivity contribution in [3.8, 4) is 0 Å². The number of rotatable bonds is 3. The third kappa shape index (κ3) is 3.98. The number of carbonyl (C=O) groups excluding carboxylic acids is 1. The van der Waals surface area contributed by atoms with E-state index in [0.717, 1.165) is 18.2 Å². The van der Waals surface area contributed by atoms with Crippen molar-refractivity contribution in [2.45, 2.75) is 6.18 Å². The standard InChI is InChI=1S/C17H8ClF3N2O4/c18-12-6-3-10(8-14(12)23(25)26)15-22-13(16(24)27-15)7-9-1-4-11(5-2-9)17(19,20)21/h1-8H/b13-7-.